The molecule has 0 aliphatic heterocycles. The molecule has 0 aromatic rings. The number of urea groups is 1. The van der Waals surface area contributed by atoms with Gasteiger partial charge in [0.2, 0.25) is 0 Å². The van der Waals surface area contributed by atoms with E-state index in [0.717, 1.165) is 25.7 Å². The number of hydrogen-bond donors (Lipinski definition) is 2. The summed E-state index contributed by atoms with van der Waals surface area (Å²) >= 11 is 0. The highest BCUT2D eigenvalue weighted by Crippen LogP contribution is 2.19. The molecule has 3 N–H and O–H groups in total. The first-order valence-electron chi connectivity index (χ1n) is 6.00. The van der Waals surface area contributed by atoms with Gasteiger partial charge in [0.05, 0.1) is 0 Å². The van der Waals surface area contributed by atoms with Crippen LogP contribution in [-0.2, 0) is 0 Å². The highest BCUT2D eigenvalue weighted by atomic mass is 16.2. The Morgan fingerprint density at radius 3 is 2.47 bits per heavy atom. The smallest absolute Gasteiger partial charge is 0.317 e. The molecule has 0 heterocycles. The van der Waals surface area contributed by atoms with Gasteiger partial charge in [-0.2, -0.15) is 0 Å². The quantitative estimate of drug-likeness (QED) is 0.699. The summed E-state index contributed by atoms with van der Waals surface area (Å²) in [6, 6.07) is 0.816. The molecule has 1 rings (SSSR count). The molecular formula is C11H23N3O. The number of carbonyl (C=O) groups is 1. The van der Waals surface area contributed by atoms with Crippen LogP contribution < -0.4 is 11.1 Å². The van der Waals surface area contributed by atoms with E-state index in [4.69, 9.17) is 5.73 Å². The van der Waals surface area contributed by atoms with E-state index in [1.54, 1.807) is 0 Å². The zero-order valence-electron chi connectivity index (χ0n) is 9.83. The van der Waals surface area contributed by atoms with Gasteiger partial charge >= 0.3 is 6.03 Å². The van der Waals surface area contributed by atoms with Crippen LogP contribution in [0.5, 0.6) is 0 Å². The van der Waals surface area contributed by atoms with Crippen molar-refractivity contribution in [1.29, 1.82) is 0 Å². The lowest BCUT2D eigenvalue weighted by molar-refractivity contribution is 0.171. The normalized spacial score (nSPS) is 15.5. The largest absolute Gasteiger partial charge is 0.335 e. The number of nitrogens with zero attached hydrogens (tertiary/aromatic N) is 1. The van der Waals surface area contributed by atoms with E-state index in [9.17, 15) is 4.79 Å². The van der Waals surface area contributed by atoms with Crippen LogP contribution in [0.15, 0.2) is 0 Å². The van der Waals surface area contributed by atoms with Crippen molar-refractivity contribution in [3.8, 4) is 0 Å². The van der Waals surface area contributed by atoms with Crippen molar-refractivity contribution >= 4 is 6.03 Å². The van der Waals surface area contributed by atoms with Gasteiger partial charge in [0.15, 0.2) is 0 Å². The highest BCUT2D eigenvalue weighted by molar-refractivity contribution is 5.75. The van der Waals surface area contributed by atoms with Crippen LogP contribution in [0.2, 0.25) is 0 Å². The fourth-order valence-corrected chi connectivity index (χ4v) is 1.80. The van der Waals surface area contributed by atoms with E-state index in [0.29, 0.717) is 25.2 Å². The van der Waals surface area contributed by atoms with Gasteiger partial charge in [0.25, 0.3) is 0 Å². The lowest BCUT2D eigenvalue weighted by atomic mass is 10.1. The molecule has 0 saturated heterocycles. The molecule has 0 aromatic heterocycles. The third kappa shape index (κ3) is 3.70. The van der Waals surface area contributed by atoms with E-state index < -0.39 is 0 Å². The van der Waals surface area contributed by atoms with Crippen molar-refractivity contribution in [1.82, 2.24) is 10.2 Å². The minimum atomic E-state index is 0.0663. The second kappa shape index (κ2) is 5.95. The average Bonchev–Trinajstić information content (AvgIpc) is 3.02. The summed E-state index contributed by atoms with van der Waals surface area (Å²) in [7, 11) is 0. The Kier molecular flexibility index (Phi) is 4.88. The Hall–Kier alpha value is -0.770. The summed E-state index contributed by atoms with van der Waals surface area (Å²) in [5, 5.41) is 3.02. The summed E-state index contributed by atoms with van der Waals surface area (Å²) in [4.78, 5) is 13.8. The van der Waals surface area contributed by atoms with Crippen molar-refractivity contribution in [2.24, 2.45) is 5.73 Å². The Morgan fingerprint density at radius 2 is 2.07 bits per heavy atom. The number of nitrogens with one attached hydrogen (secondary N) is 1. The Morgan fingerprint density at radius 1 is 1.47 bits per heavy atom. The molecule has 1 aliphatic carbocycles. The van der Waals surface area contributed by atoms with Crippen molar-refractivity contribution in [3.63, 3.8) is 0 Å². The lowest BCUT2D eigenvalue weighted by Gasteiger charge is -2.30. The maximum atomic E-state index is 11.9. The summed E-state index contributed by atoms with van der Waals surface area (Å²) in [6.07, 6.45) is 4.25. The SMILES string of the molecule is CCC(CC)N(CCN)C(=O)NC1CC1. The molecule has 1 aliphatic rings. The number of hydrogen-bond acceptors (Lipinski definition) is 2. The molecule has 4 nitrogen and oxygen atoms in total. The second-order valence-electron chi connectivity index (χ2n) is 4.18. The molecule has 0 unspecified atom stereocenters. The first kappa shape index (κ1) is 12.3. The third-order valence-electron chi connectivity index (χ3n) is 2.92. The van der Waals surface area contributed by atoms with Crippen LogP contribution in [0, 0.1) is 0 Å². The predicted octanol–water partition coefficient (Wildman–Crippen LogP) is 1.31. The first-order valence-corrected chi connectivity index (χ1v) is 6.00. The van der Waals surface area contributed by atoms with E-state index in [1.165, 1.54) is 0 Å². The van der Waals surface area contributed by atoms with Crippen molar-refractivity contribution in [2.45, 2.75) is 51.6 Å². The molecule has 15 heavy (non-hydrogen) atoms. The van der Waals surface area contributed by atoms with Gasteiger partial charge in [-0.15, -0.1) is 0 Å². The van der Waals surface area contributed by atoms with E-state index in [2.05, 4.69) is 19.2 Å². The predicted molar refractivity (Wildman–Crippen MR) is 61.7 cm³/mol. The van der Waals surface area contributed by atoms with Crippen molar-refractivity contribution < 1.29 is 4.79 Å². The Labute approximate surface area is 92.2 Å². The Balaban J connectivity index is 2.48. The van der Waals surface area contributed by atoms with Gasteiger partial charge in [-0.05, 0) is 25.7 Å². The lowest BCUT2D eigenvalue weighted by Crippen LogP contribution is -2.48. The van der Waals surface area contributed by atoms with Crippen molar-refractivity contribution in [2.75, 3.05) is 13.1 Å². The van der Waals surface area contributed by atoms with Crippen molar-refractivity contribution in [3.05, 3.63) is 0 Å². The van der Waals surface area contributed by atoms with Crippen LogP contribution in [0.4, 0.5) is 4.79 Å². The topological polar surface area (TPSA) is 58.4 Å². The molecule has 0 bridgehead atoms. The first-order chi connectivity index (χ1) is 7.22. The second-order valence-corrected chi connectivity index (χ2v) is 4.18. The average molecular weight is 213 g/mol. The number of amides is 2. The zero-order valence-corrected chi connectivity index (χ0v) is 9.83. The minimum absolute atomic E-state index is 0.0663. The molecule has 1 fully saturated rings. The maximum Gasteiger partial charge on any atom is 0.317 e. The zero-order chi connectivity index (χ0) is 11.3. The third-order valence-corrected chi connectivity index (χ3v) is 2.92. The highest BCUT2D eigenvalue weighted by Gasteiger charge is 2.27. The van der Waals surface area contributed by atoms with Crippen LogP contribution >= 0.6 is 0 Å². The standard InChI is InChI=1S/C11H23N3O/c1-3-10(4-2)14(8-7-12)11(15)13-9-5-6-9/h9-10H,3-8,12H2,1-2H3,(H,13,15). The van der Waals surface area contributed by atoms with Crippen LogP contribution in [0.25, 0.3) is 0 Å². The van der Waals surface area contributed by atoms with E-state index in [-0.39, 0.29) is 6.03 Å². The molecule has 0 aromatic carbocycles. The molecule has 88 valence electrons. The summed E-state index contributed by atoms with van der Waals surface area (Å²) in [6.45, 7) is 5.42. The minimum Gasteiger partial charge on any atom is -0.335 e. The van der Waals surface area contributed by atoms with Gasteiger partial charge in [0, 0.05) is 25.2 Å². The molecular weight excluding hydrogens is 190 g/mol. The molecule has 0 atom stereocenters. The van der Waals surface area contributed by atoms with Crippen LogP contribution in [-0.4, -0.2) is 36.1 Å². The monoisotopic (exact) mass is 213 g/mol. The molecule has 4 heteroatoms. The number of carbonyl (C=O) groups excluding carboxylic acids is 1. The maximum absolute atomic E-state index is 11.9. The molecule has 2 amide bonds. The van der Waals surface area contributed by atoms with Gasteiger partial charge < -0.3 is 16.0 Å². The van der Waals surface area contributed by atoms with Gasteiger partial charge in [-0.1, -0.05) is 13.8 Å². The fraction of sp³-hybridized carbons (Fsp3) is 0.909. The van der Waals surface area contributed by atoms with Gasteiger partial charge in [-0.25, -0.2) is 4.79 Å². The molecule has 0 radical (unpaired) electrons. The molecule has 0 spiro atoms. The van der Waals surface area contributed by atoms with Gasteiger partial charge in [-0.3, -0.25) is 0 Å². The summed E-state index contributed by atoms with van der Waals surface area (Å²) in [5.74, 6) is 0. The number of nitrogens with two attached hydrogens (primary N) is 1. The summed E-state index contributed by atoms with van der Waals surface area (Å²) in [5.41, 5.74) is 5.54. The van der Waals surface area contributed by atoms with E-state index >= 15 is 0 Å². The Bertz CT molecular complexity index is 200. The van der Waals surface area contributed by atoms with Crippen LogP contribution in [0.3, 0.4) is 0 Å². The molecule has 1 saturated carbocycles. The van der Waals surface area contributed by atoms with E-state index in [1.807, 2.05) is 4.90 Å². The van der Waals surface area contributed by atoms with Crippen LogP contribution in [0.1, 0.15) is 39.5 Å². The van der Waals surface area contributed by atoms with Gasteiger partial charge in [0.1, 0.15) is 0 Å². The fourth-order valence-electron chi connectivity index (χ4n) is 1.80. The summed E-state index contributed by atoms with van der Waals surface area (Å²) < 4.78 is 0. The number of rotatable bonds is 6.